The van der Waals surface area contributed by atoms with Crippen LogP contribution in [0.3, 0.4) is 0 Å². The van der Waals surface area contributed by atoms with E-state index in [9.17, 15) is 13.9 Å². The van der Waals surface area contributed by atoms with Gasteiger partial charge in [-0.3, -0.25) is 4.99 Å². The summed E-state index contributed by atoms with van der Waals surface area (Å²) in [4.78, 5) is 4.41. The number of nitrogens with zero attached hydrogens (tertiary/aromatic N) is 1. The van der Waals surface area contributed by atoms with Crippen molar-refractivity contribution in [2.45, 2.75) is 32.5 Å². The molecule has 0 aliphatic heterocycles. The van der Waals surface area contributed by atoms with Crippen LogP contribution in [0.5, 0.6) is 11.5 Å². The van der Waals surface area contributed by atoms with Gasteiger partial charge in [0.1, 0.15) is 11.5 Å². The molecule has 31 heavy (non-hydrogen) atoms. The molecule has 0 spiro atoms. The summed E-state index contributed by atoms with van der Waals surface area (Å²) < 4.78 is 34.0. The van der Waals surface area contributed by atoms with E-state index in [2.05, 4.69) is 26.4 Å². The summed E-state index contributed by atoms with van der Waals surface area (Å²) in [7, 11) is 1.65. The monoisotopic (exact) mass is 549 g/mol. The highest BCUT2D eigenvalue weighted by Crippen LogP contribution is 2.19. The first kappa shape index (κ1) is 26.9. The molecule has 3 N–H and O–H groups in total. The fourth-order valence-corrected chi connectivity index (χ4v) is 2.82. The van der Waals surface area contributed by atoms with Gasteiger partial charge in [0.15, 0.2) is 5.96 Å². The van der Waals surface area contributed by atoms with Crippen molar-refractivity contribution >= 4 is 29.9 Å². The number of guanidine groups is 1. The maximum absolute atomic E-state index is 12.2. The average Bonchev–Trinajstić information content (AvgIpc) is 2.75. The van der Waals surface area contributed by atoms with Gasteiger partial charge < -0.3 is 25.2 Å². The molecule has 0 bridgehead atoms. The smallest absolute Gasteiger partial charge is 0.387 e. The van der Waals surface area contributed by atoms with Gasteiger partial charge in [0.05, 0.1) is 19.8 Å². The third-order valence-corrected chi connectivity index (χ3v) is 4.33. The largest absolute Gasteiger partial charge is 0.497 e. The van der Waals surface area contributed by atoms with Gasteiger partial charge in [-0.25, -0.2) is 0 Å². The Kier molecular flexibility index (Phi) is 12.8. The summed E-state index contributed by atoms with van der Waals surface area (Å²) in [5, 5.41) is 16.7. The number of aliphatic hydroxyl groups is 1. The van der Waals surface area contributed by atoms with Crippen LogP contribution >= 0.6 is 24.0 Å². The Hall–Kier alpha value is -2.14. The van der Waals surface area contributed by atoms with E-state index < -0.39 is 12.7 Å². The molecule has 0 aliphatic rings. The van der Waals surface area contributed by atoms with Gasteiger partial charge in [0.25, 0.3) is 0 Å². The van der Waals surface area contributed by atoms with Gasteiger partial charge in [-0.1, -0.05) is 24.3 Å². The Labute approximate surface area is 199 Å². The quantitative estimate of drug-likeness (QED) is 0.170. The molecule has 0 aliphatic carbocycles. The number of nitrogens with one attached hydrogen (secondary N) is 2. The molecule has 1 atom stereocenters. The Morgan fingerprint density at radius 1 is 1.10 bits per heavy atom. The highest BCUT2D eigenvalue weighted by atomic mass is 127. The molecule has 0 fully saturated rings. The number of aliphatic hydroxyl groups excluding tert-OH is 1. The second kappa shape index (κ2) is 14.8. The van der Waals surface area contributed by atoms with Crippen molar-refractivity contribution in [2.75, 3.05) is 26.7 Å². The van der Waals surface area contributed by atoms with E-state index in [0.29, 0.717) is 18.1 Å². The van der Waals surface area contributed by atoms with Gasteiger partial charge in [0.2, 0.25) is 0 Å². The average molecular weight is 549 g/mol. The van der Waals surface area contributed by atoms with Crippen molar-refractivity contribution in [3.05, 3.63) is 59.7 Å². The number of ether oxygens (including phenoxy) is 2. The summed E-state index contributed by atoms with van der Waals surface area (Å²) in [5.41, 5.74) is 1.78. The van der Waals surface area contributed by atoms with Crippen LogP contribution in [0.15, 0.2) is 53.5 Å². The Balaban J connectivity index is 0.00000480. The van der Waals surface area contributed by atoms with E-state index >= 15 is 0 Å². The van der Waals surface area contributed by atoms with Crippen LogP contribution in [-0.4, -0.2) is 44.4 Å². The Morgan fingerprint density at radius 2 is 1.84 bits per heavy atom. The highest BCUT2D eigenvalue weighted by molar-refractivity contribution is 14.0. The standard InChI is InChI=1S/C22H29F2N3O3.HI/c1-3-25-22(26-13-5-7-16-6-4-8-19(14-16)29-2)27-15-20(28)17-9-11-18(12-10-17)30-21(23)24;/h4,6,8-12,14,20-21,28H,3,5,7,13,15H2,1-2H3,(H2,25,26,27);1H. The molecule has 2 aromatic carbocycles. The lowest BCUT2D eigenvalue weighted by Gasteiger charge is -2.14. The summed E-state index contributed by atoms with van der Waals surface area (Å²) in [6.45, 7) is 0.644. The molecular formula is C22H30F2IN3O3. The molecule has 9 heteroatoms. The molecule has 2 aromatic rings. The predicted octanol–water partition coefficient (Wildman–Crippen LogP) is 4.14. The van der Waals surface area contributed by atoms with Crippen molar-refractivity contribution in [2.24, 2.45) is 4.99 Å². The number of aryl methyl sites for hydroxylation is 1. The lowest BCUT2D eigenvalue weighted by Crippen LogP contribution is -2.38. The second-order valence-electron chi connectivity index (χ2n) is 6.56. The van der Waals surface area contributed by atoms with Crippen molar-refractivity contribution in [1.82, 2.24) is 10.6 Å². The minimum Gasteiger partial charge on any atom is -0.497 e. The van der Waals surface area contributed by atoms with Crippen molar-refractivity contribution in [3.8, 4) is 11.5 Å². The molecule has 2 rings (SSSR count). The van der Waals surface area contributed by atoms with E-state index in [4.69, 9.17) is 4.74 Å². The summed E-state index contributed by atoms with van der Waals surface area (Å²) in [6.07, 6.45) is 0.961. The first-order valence-electron chi connectivity index (χ1n) is 9.89. The number of alkyl halides is 2. The third-order valence-electron chi connectivity index (χ3n) is 4.33. The molecule has 0 aromatic heterocycles. The van der Waals surface area contributed by atoms with Crippen LogP contribution < -0.4 is 20.1 Å². The van der Waals surface area contributed by atoms with Crippen molar-refractivity contribution < 1.29 is 23.4 Å². The summed E-state index contributed by atoms with van der Waals surface area (Å²) >= 11 is 0. The molecular weight excluding hydrogens is 519 g/mol. The number of benzene rings is 2. The summed E-state index contributed by atoms with van der Waals surface area (Å²) in [5.74, 6) is 1.51. The van der Waals surface area contributed by atoms with Crippen LogP contribution in [0.4, 0.5) is 8.78 Å². The van der Waals surface area contributed by atoms with E-state index in [1.807, 2.05) is 25.1 Å². The van der Waals surface area contributed by atoms with Crippen molar-refractivity contribution in [1.29, 1.82) is 0 Å². The number of halogens is 3. The molecule has 0 amide bonds. The SMILES string of the molecule is CCNC(=NCC(O)c1ccc(OC(F)F)cc1)NCCCc1cccc(OC)c1.I. The minimum absolute atomic E-state index is 0. The normalized spacial score (nSPS) is 12.1. The van der Waals surface area contributed by atoms with Crippen LogP contribution in [0.1, 0.15) is 30.6 Å². The predicted molar refractivity (Wildman–Crippen MR) is 129 cm³/mol. The van der Waals surface area contributed by atoms with Gasteiger partial charge in [-0.15, -0.1) is 24.0 Å². The Morgan fingerprint density at radius 3 is 2.48 bits per heavy atom. The number of rotatable bonds is 11. The maximum Gasteiger partial charge on any atom is 0.387 e. The molecule has 1 unspecified atom stereocenters. The minimum atomic E-state index is -2.87. The lowest BCUT2D eigenvalue weighted by atomic mass is 10.1. The molecule has 0 saturated heterocycles. The van der Waals surface area contributed by atoms with Crippen LogP contribution in [0, 0.1) is 0 Å². The molecule has 6 nitrogen and oxygen atoms in total. The van der Waals surface area contributed by atoms with Gasteiger partial charge in [0, 0.05) is 13.1 Å². The summed E-state index contributed by atoms with van der Waals surface area (Å²) in [6, 6.07) is 13.9. The van der Waals surface area contributed by atoms with Gasteiger partial charge in [-0.05, 0) is 55.2 Å². The highest BCUT2D eigenvalue weighted by Gasteiger charge is 2.09. The number of hydrogen-bond acceptors (Lipinski definition) is 4. The van der Waals surface area contributed by atoms with Crippen LogP contribution in [-0.2, 0) is 6.42 Å². The van der Waals surface area contributed by atoms with Gasteiger partial charge in [-0.2, -0.15) is 8.78 Å². The second-order valence-corrected chi connectivity index (χ2v) is 6.56. The fraction of sp³-hybridized carbons (Fsp3) is 0.409. The van der Waals surface area contributed by atoms with Crippen LogP contribution in [0.25, 0.3) is 0 Å². The van der Waals surface area contributed by atoms with E-state index in [1.165, 1.54) is 17.7 Å². The first-order chi connectivity index (χ1) is 14.5. The third kappa shape index (κ3) is 10.1. The molecule has 0 heterocycles. The van der Waals surface area contributed by atoms with Gasteiger partial charge >= 0.3 is 6.61 Å². The molecule has 0 radical (unpaired) electrons. The zero-order chi connectivity index (χ0) is 21.8. The van der Waals surface area contributed by atoms with E-state index in [0.717, 1.165) is 25.1 Å². The number of methoxy groups -OCH3 is 1. The lowest BCUT2D eigenvalue weighted by molar-refractivity contribution is -0.0498. The zero-order valence-electron chi connectivity index (χ0n) is 17.7. The topological polar surface area (TPSA) is 75.1 Å². The first-order valence-corrected chi connectivity index (χ1v) is 9.89. The van der Waals surface area contributed by atoms with E-state index in [1.54, 1.807) is 19.2 Å². The molecule has 0 saturated carbocycles. The Bertz CT molecular complexity index is 792. The fourth-order valence-electron chi connectivity index (χ4n) is 2.82. The van der Waals surface area contributed by atoms with E-state index in [-0.39, 0.29) is 36.3 Å². The maximum atomic E-state index is 12.2. The number of aliphatic imine (C=N–C) groups is 1. The zero-order valence-corrected chi connectivity index (χ0v) is 20.0. The number of hydrogen-bond donors (Lipinski definition) is 3. The van der Waals surface area contributed by atoms with Crippen molar-refractivity contribution in [3.63, 3.8) is 0 Å². The molecule has 172 valence electrons. The van der Waals surface area contributed by atoms with Crippen LogP contribution in [0.2, 0.25) is 0 Å².